The molecule has 2 atom stereocenters. The Bertz CT molecular complexity index is 724. The molecule has 1 aliphatic heterocycles. The molecule has 0 unspecified atom stereocenters. The van der Waals surface area contributed by atoms with Gasteiger partial charge in [-0.25, -0.2) is 0 Å². The molecule has 2 rings (SSSR count). The Kier molecular flexibility index (Phi) is 15.8. The summed E-state index contributed by atoms with van der Waals surface area (Å²) in [7, 11) is 1.69. The third kappa shape index (κ3) is 12.4. The average Bonchev–Trinajstić information content (AvgIpc) is 3.20. The molecule has 0 bridgehead atoms. The van der Waals surface area contributed by atoms with E-state index >= 15 is 0 Å². The first-order valence-electron chi connectivity index (χ1n) is 15.1. The van der Waals surface area contributed by atoms with E-state index in [1.165, 1.54) is 57.8 Å². The second-order valence-electron chi connectivity index (χ2n) is 11.4. The predicted octanol–water partition coefficient (Wildman–Crippen LogP) is 9.24. The van der Waals surface area contributed by atoms with Gasteiger partial charge in [-0.2, -0.15) is 0 Å². The number of methoxy groups -OCH3 is 1. The molecule has 0 radical (unpaired) electrons. The van der Waals surface area contributed by atoms with Gasteiger partial charge in [-0.15, -0.1) is 0 Å². The van der Waals surface area contributed by atoms with Crippen LogP contribution in [0.2, 0.25) is 13.3 Å². The Labute approximate surface area is 232 Å². The summed E-state index contributed by atoms with van der Waals surface area (Å²) in [6.07, 6.45) is 15.7. The van der Waals surface area contributed by atoms with Gasteiger partial charge in [0.25, 0.3) is 0 Å². The molecule has 0 amide bonds. The molecule has 1 aliphatic rings. The fraction of sp³-hybridized carbons (Fsp3) is 0.750. The third-order valence-corrected chi connectivity index (χ3v) is 21.9. The van der Waals surface area contributed by atoms with Crippen LogP contribution in [-0.4, -0.2) is 50.1 Å². The molecule has 4 nitrogen and oxygen atoms in total. The Morgan fingerprint density at radius 2 is 1.43 bits per heavy atom. The third-order valence-electron chi connectivity index (χ3n) is 7.66. The van der Waals surface area contributed by atoms with Gasteiger partial charge in [-0.05, 0) is 12.1 Å². The second-order valence-corrected chi connectivity index (χ2v) is 24.4. The molecule has 0 saturated carbocycles. The van der Waals surface area contributed by atoms with E-state index in [2.05, 4.69) is 30.9 Å². The summed E-state index contributed by atoms with van der Waals surface area (Å²) in [4.78, 5) is 0. The number of benzene rings is 1. The molecule has 1 aromatic carbocycles. The van der Waals surface area contributed by atoms with Gasteiger partial charge >= 0.3 is 192 Å². The molecule has 0 aromatic heterocycles. The summed E-state index contributed by atoms with van der Waals surface area (Å²) in [5.41, 5.74) is 1.14. The van der Waals surface area contributed by atoms with Gasteiger partial charge in [0.1, 0.15) is 5.75 Å². The molecule has 0 aliphatic carbocycles. The van der Waals surface area contributed by atoms with Crippen molar-refractivity contribution in [2.45, 2.75) is 137 Å². The minimum atomic E-state index is -2.14. The van der Waals surface area contributed by atoms with E-state index in [9.17, 15) is 0 Å². The number of hydrogen-bond donors (Lipinski definition) is 0. The molecule has 212 valence electrons. The number of unbranched alkanes of at least 4 members (excludes halogenated alkanes) is 5. The van der Waals surface area contributed by atoms with Gasteiger partial charge in [0.05, 0.1) is 7.11 Å². The fourth-order valence-corrected chi connectivity index (χ4v) is 20.0. The van der Waals surface area contributed by atoms with Crippen molar-refractivity contribution in [1.29, 1.82) is 0 Å². The Balaban J connectivity index is 1.80. The number of allylic oxidation sites excluding steroid dienone is 1. The molecular weight excluding hydrogens is 567 g/mol. The maximum atomic E-state index is 6.26. The van der Waals surface area contributed by atoms with Crippen LogP contribution in [0.5, 0.6) is 5.75 Å². The number of rotatable bonds is 20. The van der Waals surface area contributed by atoms with Gasteiger partial charge in [0, 0.05) is 0 Å². The topological polar surface area (TPSA) is 36.9 Å². The molecular formula is C32H56O4Sn. The first kappa shape index (κ1) is 32.6. The summed E-state index contributed by atoms with van der Waals surface area (Å²) >= 11 is -2.14. The van der Waals surface area contributed by atoms with Crippen molar-refractivity contribution >= 4 is 18.4 Å². The van der Waals surface area contributed by atoms with Crippen LogP contribution in [0.15, 0.2) is 34.4 Å². The summed E-state index contributed by atoms with van der Waals surface area (Å²) in [6, 6.07) is 8.04. The van der Waals surface area contributed by atoms with E-state index in [1.807, 2.05) is 38.1 Å². The van der Waals surface area contributed by atoms with Crippen molar-refractivity contribution in [3.63, 3.8) is 0 Å². The van der Waals surface area contributed by atoms with E-state index in [0.29, 0.717) is 13.2 Å². The average molecular weight is 624 g/mol. The molecule has 0 spiro atoms. The molecule has 1 fully saturated rings. The molecule has 1 heterocycles. The first-order valence-corrected chi connectivity index (χ1v) is 22.8. The van der Waals surface area contributed by atoms with Crippen molar-refractivity contribution in [3.8, 4) is 5.75 Å². The second kappa shape index (κ2) is 17.9. The quantitative estimate of drug-likeness (QED) is 0.107. The zero-order valence-electron chi connectivity index (χ0n) is 24.9. The van der Waals surface area contributed by atoms with Gasteiger partial charge in [-0.1, -0.05) is 12.1 Å². The maximum absolute atomic E-state index is 6.26. The Hall–Kier alpha value is -0.561. The fourth-order valence-electron chi connectivity index (χ4n) is 5.46. The molecule has 5 heteroatoms. The van der Waals surface area contributed by atoms with Crippen LogP contribution in [0, 0.1) is 0 Å². The number of ether oxygens (including phenoxy) is 4. The van der Waals surface area contributed by atoms with Crippen molar-refractivity contribution < 1.29 is 18.9 Å². The van der Waals surface area contributed by atoms with Crippen molar-refractivity contribution in [3.05, 3.63) is 40.0 Å². The molecule has 1 aromatic rings. The normalized spacial score (nSPS) is 19.6. The van der Waals surface area contributed by atoms with E-state index in [0.717, 1.165) is 17.7 Å². The standard InChI is InChI=1S/C20H29O4.3C4H9.Sn/c1-5-6-7-8-9-18-19(24-20(2,3)23-18)15-22-14-16-10-12-17(21-4)13-11-16;3*1-3-4-2;/h1,5,10-13,18-19H,6-9,14-15H2,2-4H3;3*1,3-4H2,2H3;/t18-,19-;;;;/m0..../s1. The monoisotopic (exact) mass is 624 g/mol. The zero-order valence-corrected chi connectivity index (χ0v) is 27.7. The van der Waals surface area contributed by atoms with Crippen LogP contribution in [0.3, 0.4) is 0 Å². The van der Waals surface area contributed by atoms with Gasteiger partial charge < -0.3 is 4.74 Å². The van der Waals surface area contributed by atoms with Crippen molar-refractivity contribution in [2.75, 3.05) is 13.7 Å². The van der Waals surface area contributed by atoms with E-state index < -0.39 is 24.2 Å². The minimum absolute atomic E-state index is 0.00947. The summed E-state index contributed by atoms with van der Waals surface area (Å²) in [5.74, 6) is 0.329. The van der Waals surface area contributed by atoms with Crippen LogP contribution in [0.1, 0.15) is 104 Å². The first-order chi connectivity index (χ1) is 17.9. The molecule has 1 saturated heterocycles. The summed E-state index contributed by atoms with van der Waals surface area (Å²) < 4.78 is 31.2. The van der Waals surface area contributed by atoms with Crippen molar-refractivity contribution in [2.24, 2.45) is 0 Å². The van der Waals surface area contributed by atoms with Gasteiger partial charge in [0.2, 0.25) is 0 Å². The zero-order chi connectivity index (χ0) is 27.0. The van der Waals surface area contributed by atoms with Crippen LogP contribution in [-0.2, 0) is 20.8 Å². The van der Waals surface area contributed by atoms with Gasteiger partial charge in [-0.3, -0.25) is 0 Å². The van der Waals surface area contributed by atoms with Crippen LogP contribution in [0.4, 0.5) is 0 Å². The van der Waals surface area contributed by atoms with E-state index in [1.54, 1.807) is 20.4 Å². The van der Waals surface area contributed by atoms with E-state index in [-0.39, 0.29) is 12.2 Å². The summed E-state index contributed by atoms with van der Waals surface area (Å²) in [5, 5.41) is 0. The Morgan fingerprint density at radius 1 is 0.838 bits per heavy atom. The van der Waals surface area contributed by atoms with E-state index in [4.69, 9.17) is 18.9 Å². The summed E-state index contributed by atoms with van der Waals surface area (Å²) in [6.45, 7) is 12.2. The Morgan fingerprint density at radius 3 is 2.00 bits per heavy atom. The van der Waals surface area contributed by atoms with Gasteiger partial charge in [0.15, 0.2) is 0 Å². The van der Waals surface area contributed by atoms with Crippen molar-refractivity contribution in [1.82, 2.24) is 0 Å². The van der Waals surface area contributed by atoms with Crippen LogP contribution in [0.25, 0.3) is 0 Å². The SMILES string of the molecule is CCC[CH2][Sn](/[CH]=C/CCCC[C@@H]1OC(C)(C)O[C@H]1COCc1ccc(OC)cc1)([CH2]CCC)[CH2]CCC. The number of hydrogen-bond acceptors (Lipinski definition) is 4. The van der Waals surface area contributed by atoms with Crippen LogP contribution >= 0.6 is 0 Å². The van der Waals surface area contributed by atoms with Crippen LogP contribution < -0.4 is 4.74 Å². The predicted molar refractivity (Wildman–Crippen MR) is 159 cm³/mol. The molecule has 0 N–H and O–H groups in total. The molecule has 37 heavy (non-hydrogen) atoms.